The summed E-state index contributed by atoms with van der Waals surface area (Å²) in [6.45, 7) is 2.74. The Morgan fingerprint density at radius 1 is 1.18 bits per heavy atom. The summed E-state index contributed by atoms with van der Waals surface area (Å²) in [6, 6.07) is 7.48. The lowest BCUT2D eigenvalue weighted by Crippen LogP contribution is -2.32. The van der Waals surface area contributed by atoms with Gasteiger partial charge in [-0.25, -0.2) is 0 Å². The molecule has 17 heavy (non-hydrogen) atoms. The van der Waals surface area contributed by atoms with Gasteiger partial charge in [0, 0.05) is 26.8 Å². The third-order valence-corrected chi connectivity index (χ3v) is 2.76. The van der Waals surface area contributed by atoms with Crippen molar-refractivity contribution in [2.45, 2.75) is 25.7 Å². The van der Waals surface area contributed by atoms with Crippen LogP contribution in [0.2, 0.25) is 0 Å². The molecule has 4 heteroatoms. The van der Waals surface area contributed by atoms with Gasteiger partial charge in [0.25, 0.3) is 0 Å². The molecule has 2 N–H and O–H groups in total. The summed E-state index contributed by atoms with van der Waals surface area (Å²) < 4.78 is 10.2. The second-order valence-corrected chi connectivity index (χ2v) is 3.86. The van der Waals surface area contributed by atoms with E-state index in [1.54, 1.807) is 26.4 Å². The molecule has 0 amide bonds. The van der Waals surface area contributed by atoms with Crippen LogP contribution in [0.3, 0.4) is 0 Å². The Morgan fingerprint density at radius 2 is 1.76 bits per heavy atom. The monoisotopic (exact) mass is 239 g/mol. The van der Waals surface area contributed by atoms with Crippen LogP contribution in [0, 0.1) is 0 Å². The van der Waals surface area contributed by atoms with Crippen LogP contribution in [0.5, 0.6) is 5.75 Å². The van der Waals surface area contributed by atoms with Crippen molar-refractivity contribution in [3.05, 3.63) is 29.8 Å². The molecule has 1 atom stereocenters. The third kappa shape index (κ3) is 4.34. The van der Waals surface area contributed by atoms with Crippen molar-refractivity contribution >= 4 is 0 Å². The van der Waals surface area contributed by atoms with Crippen LogP contribution in [-0.4, -0.2) is 32.2 Å². The lowest BCUT2D eigenvalue weighted by molar-refractivity contribution is -0.0999. The topological polar surface area (TPSA) is 50.7 Å². The number of benzene rings is 1. The SMILES string of the molecule is CCC(NCC(OC)OC)c1ccc(O)cc1. The smallest absolute Gasteiger partial charge is 0.169 e. The highest BCUT2D eigenvalue weighted by molar-refractivity contribution is 5.27. The first-order chi connectivity index (χ1) is 8.21. The highest BCUT2D eigenvalue weighted by Gasteiger charge is 2.11. The fourth-order valence-corrected chi connectivity index (χ4v) is 1.71. The van der Waals surface area contributed by atoms with Gasteiger partial charge in [-0.15, -0.1) is 0 Å². The number of ether oxygens (including phenoxy) is 2. The summed E-state index contributed by atoms with van der Waals surface area (Å²) in [4.78, 5) is 0. The summed E-state index contributed by atoms with van der Waals surface area (Å²) in [5.41, 5.74) is 1.15. The van der Waals surface area contributed by atoms with E-state index in [1.807, 2.05) is 12.1 Å². The van der Waals surface area contributed by atoms with Crippen molar-refractivity contribution in [2.24, 2.45) is 0 Å². The molecule has 0 aliphatic carbocycles. The van der Waals surface area contributed by atoms with E-state index in [9.17, 15) is 5.11 Å². The second-order valence-electron chi connectivity index (χ2n) is 3.86. The van der Waals surface area contributed by atoms with Crippen LogP contribution < -0.4 is 5.32 Å². The van der Waals surface area contributed by atoms with Crippen molar-refractivity contribution in [1.82, 2.24) is 5.32 Å². The predicted octanol–water partition coefficient (Wildman–Crippen LogP) is 2.05. The normalized spacial score (nSPS) is 12.9. The van der Waals surface area contributed by atoms with Crippen molar-refractivity contribution in [2.75, 3.05) is 20.8 Å². The van der Waals surface area contributed by atoms with Crippen LogP contribution in [0.25, 0.3) is 0 Å². The molecule has 0 spiro atoms. The fraction of sp³-hybridized carbons (Fsp3) is 0.538. The van der Waals surface area contributed by atoms with Gasteiger partial charge in [-0.3, -0.25) is 0 Å². The largest absolute Gasteiger partial charge is 0.508 e. The van der Waals surface area contributed by atoms with Crippen LogP contribution >= 0.6 is 0 Å². The van der Waals surface area contributed by atoms with Crippen LogP contribution in [-0.2, 0) is 9.47 Å². The number of nitrogens with one attached hydrogen (secondary N) is 1. The quantitative estimate of drug-likeness (QED) is 0.715. The summed E-state index contributed by atoms with van der Waals surface area (Å²) >= 11 is 0. The first-order valence-electron chi connectivity index (χ1n) is 5.79. The third-order valence-electron chi connectivity index (χ3n) is 2.76. The highest BCUT2D eigenvalue weighted by Crippen LogP contribution is 2.19. The van der Waals surface area contributed by atoms with Crippen molar-refractivity contribution in [3.63, 3.8) is 0 Å². The Hall–Kier alpha value is -1.10. The van der Waals surface area contributed by atoms with E-state index < -0.39 is 0 Å². The molecular weight excluding hydrogens is 218 g/mol. The van der Waals surface area contributed by atoms with Gasteiger partial charge >= 0.3 is 0 Å². The van der Waals surface area contributed by atoms with E-state index in [2.05, 4.69) is 12.2 Å². The van der Waals surface area contributed by atoms with Gasteiger partial charge in [0.1, 0.15) is 5.75 Å². The van der Waals surface area contributed by atoms with E-state index >= 15 is 0 Å². The molecule has 4 nitrogen and oxygen atoms in total. The highest BCUT2D eigenvalue weighted by atomic mass is 16.7. The molecule has 96 valence electrons. The van der Waals surface area contributed by atoms with Gasteiger partial charge in [-0.2, -0.15) is 0 Å². The Kier molecular flexibility index (Phi) is 5.97. The predicted molar refractivity (Wildman–Crippen MR) is 66.9 cm³/mol. The zero-order valence-electron chi connectivity index (χ0n) is 10.6. The summed E-state index contributed by atoms with van der Waals surface area (Å²) in [7, 11) is 3.24. The van der Waals surface area contributed by atoms with Gasteiger partial charge in [0.15, 0.2) is 6.29 Å². The number of rotatable bonds is 7. The molecule has 1 unspecified atom stereocenters. The number of aromatic hydroxyl groups is 1. The van der Waals surface area contributed by atoms with E-state index in [4.69, 9.17) is 9.47 Å². The van der Waals surface area contributed by atoms with Gasteiger partial charge in [0.05, 0.1) is 0 Å². The molecule has 1 rings (SSSR count). The maximum atomic E-state index is 9.24. The molecule has 0 bridgehead atoms. The molecule has 0 radical (unpaired) electrons. The van der Waals surface area contributed by atoms with Gasteiger partial charge in [-0.05, 0) is 24.1 Å². The molecular formula is C13H21NO3. The molecule has 0 aliphatic rings. The van der Waals surface area contributed by atoms with Crippen molar-refractivity contribution in [3.8, 4) is 5.75 Å². The van der Waals surface area contributed by atoms with Crippen LogP contribution in [0.1, 0.15) is 24.9 Å². The maximum Gasteiger partial charge on any atom is 0.169 e. The maximum absolute atomic E-state index is 9.24. The molecule has 1 aromatic rings. The zero-order valence-corrected chi connectivity index (χ0v) is 10.6. The average molecular weight is 239 g/mol. The number of hydrogen-bond acceptors (Lipinski definition) is 4. The minimum absolute atomic E-state index is 0.235. The molecule has 0 heterocycles. The van der Waals surface area contributed by atoms with E-state index in [0.29, 0.717) is 6.54 Å². The summed E-state index contributed by atoms with van der Waals surface area (Å²) in [6.07, 6.45) is 0.728. The van der Waals surface area contributed by atoms with Crippen LogP contribution in [0.4, 0.5) is 0 Å². The number of phenolic OH excluding ortho intramolecular Hbond substituents is 1. The van der Waals surface area contributed by atoms with Gasteiger partial charge < -0.3 is 19.9 Å². The van der Waals surface area contributed by atoms with Crippen molar-refractivity contribution in [1.29, 1.82) is 0 Å². The van der Waals surface area contributed by atoms with E-state index in [1.165, 1.54) is 0 Å². The molecule has 0 aliphatic heterocycles. The lowest BCUT2D eigenvalue weighted by atomic mass is 10.0. The lowest BCUT2D eigenvalue weighted by Gasteiger charge is -2.21. The summed E-state index contributed by atoms with van der Waals surface area (Å²) in [5, 5.41) is 12.6. The second kappa shape index (κ2) is 7.27. The van der Waals surface area contributed by atoms with Crippen LogP contribution in [0.15, 0.2) is 24.3 Å². The van der Waals surface area contributed by atoms with Gasteiger partial charge in [0.2, 0.25) is 0 Å². The van der Waals surface area contributed by atoms with Gasteiger partial charge in [-0.1, -0.05) is 19.1 Å². The Balaban J connectivity index is 2.56. The number of methoxy groups -OCH3 is 2. The first kappa shape index (κ1) is 14.0. The Bertz CT molecular complexity index is 309. The standard InChI is InChI=1S/C13H21NO3/c1-4-12(14-9-13(16-2)17-3)10-5-7-11(15)8-6-10/h5-8,12-15H,4,9H2,1-3H3. The number of hydrogen-bond donors (Lipinski definition) is 2. The molecule has 0 saturated heterocycles. The van der Waals surface area contributed by atoms with E-state index in [-0.39, 0.29) is 18.1 Å². The fourth-order valence-electron chi connectivity index (χ4n) is 1.71. The minimum atomic E-state index is -0.235. The van der Waals surface area contributed by atoms with E-state index in [0.717, 1.165) is 12.0 Å². The molecule has 0 aromatic heterocycles. The molecule has 0 fully saturated rings. The first-order valence-corrected chi connectivity index (χ1v) is 5.79. The molecule has 0 saturated carbocycles. The minimum Gasteiger partial charge on any atom is -0.508 e. The number of phenols is 1. The average Bonchev–Trinajstić information content (AvgIpc) is 2.36. The summed E-state index contributed by atoms with van der Waals surface area (Å²) in [5.74, 6) is 0.287. The Labute approximate surface area is 103 Å². The zero-order chi connectivity index (χ0) is 12.7. The molecule has 1 aromatic carbocycles. The van der Waals surface area contributed by atoms with Crippen molar-refractivity contribution < 1.29 is 14.6 Å². The Morgan fingerprint density at radius 3 is 2.24 bits per heavy atom.